The second kappa shape index (κ2) is 10.6. The average Bonchev–Trinajstić information content (AvgIpc) is 2.70. The van der Waals surface area contributed by atoms with Gasteiger partial charge in [-0.3, -0.25) is 4.79 Å². The standard InChI is InChI=1S/C24H31NO4/c1-6-18-9-8-10-19(7-2)24(18)25-22(26)14-29-23(27)15-28-20-11-12-21(16(3)4)17(5)13-20/h8-13,16H,6-7,14-15H2,1-5H3,(H,25,26). The molecule has 0 saturated carbocycles. The number of hydrogen-bond acceptors (Lipinski definition) is 4. The smallest absolute Gasteiger partial charge is 0.344 e. The molecular weight excluding hydrogens is 366 g/mol. The fourth-order valence-corrected chi connectivity index (χ4v) is 3.29. The van der Waals surface area contributed by atoms with Crippen molar-refractivity contribution in [1.82, 2.24) is 0 Å². The molecule has 156 valence electrons. The minimum absolute atomic E-state index is 0.237. The molecule has 5 nitrogen and oxygen atoms in total. The van der Waals surface area contributed by atoms with Gasteiger partial charge in [0.15, 0.2) is 13.2 Å². The summed E-state index contributed by atoms with van der Waals surface area (Å²) in [7, 11) is 0. The lowest BCUT2D eigenvalue weighted by atomic mass is 9.98. The molecule has 0 aromatic heterocycles. The number of amides is 1. The highest BCUT2D eigenvalue weighted by molar-refractivity contribution is 5.94. The van der Waals surface area contributed by atoms with E-state index in [0.29, 0.717) is 11.7 Å². The van der Waals surface area contributed by atoms with E-state index in [1.54, 1.807) is 0 Å². The normalized spacial score (nSPS) is 10.7. The van der Waals surface area contributed by atoms with Crippen molar-refractivity contribution in [3.05, 3.63) is 58.7 Å². The minimum Gasteiger partial charge on any atom is -0.482 e. The number of aryl methyl sites for hydroxylation is 3. The molecule has 0 saturated heterocycles. The summed E-state index contributed by atoms with van der Waals surface area (Å²) in [5.74, 6) is 0.104. The van der Waals surface area contributed by atoms with Crippen molar-refractivity contribution in [3.63, 3.8) is 0 Å². The Morgan fingerprint density at radius 1 is 1.00 bits per heavy atom. The van der Waals surface area contributed by atoms with Crippen molar-refractivity contribution in [3.8, 4) is 5.75 Å². The molecule has 1 amide bonds. The van der Waals surface area contributed by atoms with Gasteiger partial charge in [-0.05, 0) is 60.1 Å². The number of ether oxygens (including phenoxy) is 2. The van der Waals surface area contributed by atoms with Gasteiger partial charge in [-0.25, -0.2) is 4.79 Å². The molecule has 1 N–H and O–H groups in total. The van der Waals surface area contributed by atoms with E-state index in [0.717, 1.165) is 35.2 Å². The fourth-order valence-electron chi connectivity index (χ4n) is 3.29. The lowest BCUT2D eigenvalue weighted by Crippen LogP contribution is -2.24. The molecule has 0 aliphatic rings. The van der Waals surface area contributed by atoms with Crippen LogP contribution >= 0.6 is 0 Å². The largest absolute Gasteiger partial charge is 0.482 e. The fraction of sp³-hybridized carbons (Fsp3) is 0.417. The number of anilines is 1. The summed E-state index contributed by atoms with van der Waals surface area (Å²) in [6.45, 7) is 9.79. The third-order valence-electron chi connectivity index (χ3n) is 4.85. The van der Waals surface area contributed by atoms with Gasteiger partial charge in [0.1, 0.15) is 5.75 Å². The first-order valence-electron chi connectivity index (χ1n) is 10.1. The Hall–Kier alpha value is -2.82. The summed E-state index contributed by atoms with van der Waals surface area (Å²) in [5.41, 5.74) is 5.30. The first-order chi connectivity index (χ1) is 13.8. The van der Waals surface area contributed by atoms with E-state index in [1.807, 2.05) is 57.2 Å². The van der Waals surface area contributed by atoms with Crippen molar-refractivity contribution >= 4 is 17.6 Å². The summed E-state index contributed by atoms with van der Waals surface area (Å²) in [6, 6.07) is 11.7. The van der Waals surface area contributed by atoms with Crippen molar-refractivity contribution in [2.24, 2.45) is 0 Å². The van der Waals surface area contributed by atoms with Crippen LogP contribution in [0.4, 0.5) is 5.69 Å². The lowest BCUT2D eigenvalue weighted by molar-refractivity contribution is -0.149. The van der Waals surface area contributed by atoms with Gasteiger partial charge in [0, 0.05) is 5.69 Å². The zero-order valence-corrected chi connectivity index (χ0v) is 18.0. The summed E-state index contributed by atoms with van der Waals surface area (Å²) in [6.07, 6.45) is 1.62. The molecule has 0 spiro atoms. The van der Waals surface area contributed by atoms with Crippen LogP contribution in [0.2, 0.25) is 0 Å². The van der Waals surface area contributed by atoms with Crippen LogP contribution in [0, 0.1) is 6.92 Å². The number of benzene rings is 2. The SMILES string of the molecule is CCc1cccc(CC)c1NC(=O)COC(=O)COc1ccc(C(C)C)c(C)c1. The Bertz CT molecular complexity index is 836. The molecular formula is C24H31NO4. The molecule has 0 bridgehead atoms. The Labute approximate surface area is 173 Å². The third-order valence-corrected chi connectivity index (χ3v) is 4.85. The van der Waals surface area contributed by atoms with E-state index in [4.69, 9.17) is 9.47 Å². The highest BCUT2D eigenvalue weighted by atomic mass is 16.6. The number of hydrogen-bond donors (Lipinski definition) is 1. The van der Waals surface area contributed by atoms with E-state index in [1.165, 1.54) is 5.56 Å². The molecule has 2 aromatic carbocycles. The van der Waals surface area contributed by atoms with Crippen LogP contribution in [-0.2, 0) is 27.2 Å². The van der Waals surface area contributed by atoms with Gasteiger partial charge in [0.25, 0.3) is 5.91 Å². The van der Waals surface area contributed by atoms with E-state index >= 15 is 0 Å². The minimum atomic E-state index is -0.578. The van der Waals surface area contributed by atoms with Crippen LogP contribution < -0.4 is 10.1 Å². The van der Waals surface area contributed by atoms with Crippen molar-refractivity contribution in [2.75, 3.05) is 18.5 Å². The van der Waals surface area contributed by atoms with Gasteiger partial charge >= 0.3 is 5.97 Å². The topological polar surface area (TPSA) is 64.6 Å². The summed E-state index contributed by atoms with van der Waals surface area (Å²) < 4.78 is 10.6. The second-order valence-corrected chi connectivity index (χ2v) is 7.33. The summed E-state index contributed by atoms with van der Waals surface area (Å²) in [5, 5.41) is 2.88. The molecule has 0 atom stereocenters. The van der Waals surface area contributed by atoms with Gasteiger partial charge in [0.2, 0.25) is 0 Å². The average molecular weight is 398 g/mol. The second-order valence-electron chi connectivity index (χ2n) is 7.33. The van der Waals surface area contributed by atoms with Gasteiger partial charge < -0.3 is 14.8 Å². The van der Waals surface area contributed by atoms with E-state index in [2.05, 4.69) is 19.2 Å². The monoisotopic (exact) mass is 397 g/mol. The van der Waals surface area contributed by atoms with Crippen LogP contribution in [0.15, 0.2) is 36.4 Å². The number of rotatable bonds is 9. The van der Waals surface area contributed by atoms with E-state index in [-0.39, 0.29) is 19.1 Å². The molecule has 0 heterocycles. The Morgan fingerprint density at radius 2 is 1.66 bits per heavy atom. The molecule has 0 aliphatic heterocycles. The highest BCUT2D eigenvalue weighted by Gasteiger charge is 2.13. The first-order valence-corrected chi connectivity index (χ1v) is 10.1. The molecule has 0 radical (unpaired) electrons. The van der Waals surface area contributed by atoms with Crippen molar-refractivity contribution in [1.29, 1.82) is 0 Å². The van der Waals surface area contributed by atoms with Gasteiger partial charge in [-0.15, -0.1) is 0 Å². The Morgan fingerprint density at radius 3 is 2.21 bits per heavy atom. The van der Waals surface area contributed by atoms with E-state index < -0.39 is 5.97 Å². The predicted octanol–water partition coefficient (Wildman–Crippen LogP) is 4.80. The maximum Gasteiger partial charge on any atom is 0.344 e. The van der Waals surface area contributed by atoms with Gasteiger partial charge in [-0.2, -0.15) is 0 Å². The maximum atomic E-state index is 12.2. The summed E-state index contributed by atoms with van der Waals surface area (Å²) >= 11 is 0. The number of esters is 1. The van der Waals surface area contributed by atoms with E-state index in [9.17, 15) is 9.59 Å². The number of para-hydroxylation sites is 1. The van der Waals surface area contributed by atoms with Crippen LogP contribution in [0.3, 0.4) is 0 Å². The number of carbonyl (C=O) groups excluding carboxylic acids is 2. The summed E-state index contributed by atoms with van der Waals surface area (Å²) in [4.78, 5) is 24.2. The first kappa shape index (κ1) is 22.5. The number of carbonyl (C=O) groups is 2. The van der Waals surface area contributed by atoms with Crippen LogP contribution in [0.25, 0.3) is 0 Å². The van der Waals surface area contributed by atoms with Gasteiger partial charge in [0.05, 0.1) is 0 Å². The van der Waals surface area contributed by atoms with Gasteiger partial charge in [-0.1, -0.05) is 52.0 Å². The number of nitrogens with one attached hydrogen (secondary N) is 1. The third kappa shape index (κ3) is 6.34. The van der Waals surface area contributed by atoms with Crippen molar-refractivity contribution in [2.45, 2.75) is 53.4 Å². The molecule has 0 unspecified atom stereocenters. The quantitative estimate of drug-likeness (QED) is 0.617. The van der Waals surface area contributed by atoms with Crippen LogP contribution in [0.5, 0.6) is 5.75 Å². The Kier molecular flexibility index (Phi) is 8.25. The molecule has 29 heavy (non-hydrogen) atoms. The molecule has 2 rings (SSSR count). The molecule has 0 fully saturated rings. The molecule has 2 aromatic rings. The molecule has 5 heteroatoms. The Balaban J connectivity index is 1.85. The molecule has 0 aliphatic carbocycles. The van der Waals surface area contributed by atoms with Crippen LogP contribution in [-0.4, -0.2) is 25.1 Å². The maximum absolute atomic E-state index is 12.2. The van der Waals surface area contributed by atoms with Crippen molar-refractivity contribution < 1.29 is 19.1 Å². The lowest BCUT2D eigenvalue weighted by Gasteiger charge is -2.14. The highest BCUT2D eigenvalue weighted by Crippen LogP contribution is 2.24. The predicted molar refractivity (Wildman–Crippen MR) is 116 cm³/mol. The zero-order chi connectivity index (χ0) is 21.4. The van der Waals surface area contributed by atoms with Crippen LogP contribution in [0.1, 0.15) is 55.9 Å². The zero-order valence-electron chi connectivity index (χ0n) is 18.0.